The van der Waals surface area contributed by atoms with E-state index in [9.17, 15) is 17.6 Å². The summed E-state index contributed by atoms with van der Waals surface area (Å²) in [6.07, 6.45) is 3.99. The third-order valence-electron chi connectivity index (χ3n) is 4.40. The maximum Gasteiger partial charge on any atom is 0.485 e. The van der Waals surface area contributed by atoms with Gasteiger partial charge in [0.2, 0.25) is 0 Å². The van der Waals surface area contributed by atoms with Crippen LogP contribution in [0.5, 0.6) is 5.75 Å². The minimum absolute atomic E-state index is 0.214. The van der Waals surface area contributed by atoms with Crippen molar-refractivity contribution in [3.63, 3.8) is 0 Å². The molecule has 0 fully saturated rings. The molecule has 0 N–H and O–H groups in total. The number of alkyl halides is 3. The molecule has 0 aliphatic rings. The van der Waals surface area contributed by atoms with Crippen LogP contribution in [0.4, 0.5) is 23.2 Å². The second-order valence-corrected chi connectivity index (χ2v) is 9.26. The van der Waals surface area contributed by atoms with E-state index in [1.807, 2.05) is 44.4 Å². The first-order valence-electron chi connectivity index (χ1n) is 9.46. The molecule has 180 valence electrons. The number of aryl methyl sites for hydroxylation is 1. The van der Waals surface area contributed by atoms with Gasteiger partial charge in [0.1, 0.15) is 17.1 Å². The number of fused-ring (bicyclic) bond motifs is 1. The van der Waals surface area contributed by atoms with Crippen molar-refractivity contribution in [3.8, 4) is 5.75 Å². The Hall–Kier alpha value is -2.70. The van der Waals surface area contributed by atoms with E-state index in [0.717, 1.165) is 28.4 Å². The molecule has 0 bridgehead atoms. The van der Waals surface area contributed by atoms with Crippen molar-refractivity contribution in [2.24, 2.45) is 0 Å². The van der Waals surface area contributed by atoms with Gasteiger partial charge in [-0.15, -0.1) is 0 Å². The van der Waals surface area contributed by atoms with Crippen molar-refractivity contribution in [2.75, 3.05) is 26.1 Å². The van der Waals surface area contributed by atoms with Gasteiger partial charge >= 0.3 is 5.51 Å². The van der Waals surface area contributed by atoms with Crippen molar-refractivity contribution in [2.45, 2.75) is 19.0 Å². The lowest BCUT2D eigenvalue weighted by Gasteiger charge is -2.13. The van der Waals surface area contributed by atoms with E-state index in [4.69, 9.17) is 17.7 Å². The molecular formula is C21H22F4N2O4S2. The number of anilines is 1. The Labute approximate surface area is 193 Å². The Morgan fingerprint density at radius 2 is 1.82 bits per heavy atom. The molecule has 3 aromatic rings. The molecule has 0 atom stereocenters. The number of nitrogens with zero attached hydrogens (tertiary/aromatic N) is 2. The number of methoxy groups -OCH3 is 1. The monoisotopic (exact) mass is 506 g/mol. The van der Waals surface area contributed by atoms with Gasteiger partial charge in [0.15, 0.2) is 15.9 Å². The third-order valence-corrected chi connectivity index (χ3v) is 6.09. The summed E-state index contributed by atoms with van der Waals surface area (Å²) in [5, 5.41) is 1.11. The number of halogens is 4. The van der Waals surface area contributed by atoms with Gasteiger partial charge in [0.25, 0.3) is 10.5 Å². The minimum Gasteiger partial charge on any atom is -0.741 e. The molecule has 0 radical (unpaired) electrons. The topological polar surface area (TPSA) is 73.5 Å². The highest BCUT2D eigenvalue weighted by atomic mass is 32.2. The molecule has 6 nitrogen and oxygen atoms in total. The smallest absolute Gasteiger partial charge is 0.485 e. The molecule has 0 amide bonds. The van der Waals surface area contributed by atoms with Gasteiger partial charge in [-0.2, -0.15) is 17.7 Å². The Bertz CT molecular complexity index is 1250. The summed E-state index contributed by atoms with van der Waals surface area (Å²) in [4.78, 5) is 1.77. The van der Waals surface area contributed by atoms with Gasteiger partial charge < -0.3 is 14.2 Å². The van der Waals surface area contributed by atoms with Crippen LogP contribution >= 0.6 is 11.3 Å². The number of rotatable bonds is 5. The van der Waals surface area contributed by atoms with Crippen molar-refractivity contribution in [1.29, 1.82) is 0 Å². The molecule has 3 rings (SSSR count). The highest BCUT2D eigenvalue weighted by molar-refractivity contribution is 7.86. The SMILES string of the molecule is CC[n+]1c(/C=C/c2ccc(N(C)C)c(F)c2)sc2cccc(OC)c21.O=S(=O)([O-])C(F)(F)F. The van der Waals surface area contributed by atoms with Crippen LogP contribution in [0.1, 0.15) is 17.5 Å². The molecule has 0 saturated heterocycles. The van der Waals surface area contributed by atoms with Crippen LogP contribution in [0.15, 0.2) is 36.4 Å². The first-order valence-corrected chi connectivity index (χ1v) is 11.7. The average Bonchev–Trinajstić information content (AvgIpc) is 3.08. The van der Waals surface area contributed by atoms with Crippen molar-refractivity contribution in [1.82, 2.24) is 0 Å². The number of thiazole rings is 1. The molecule has 0 saturated carbocycles. The van der Waals surface area contributed by atoms with Gasteiger partial charge in [0.05, 0.1) is 12.8 Å². The van der Waals surface area contributed by atoms with Crippen molar-refractivity contribution < 1.29 is 39.8 Å². The van der Waals surface area contributed by atoms with Crippen LogP contribution < -0.4 is 14.2 Å². The largest absolute Gasteiger partial charge is 0.741 e. The molecule has 1 aromatic heterocycles. The highest BCUT2D eigenvalue weighted by Crippen LogP contribution is 2.29. The standard InChI is InChI=1S/C20H22FN2OS.CHF3O3S/c1-5-23-19(25-18-8-6-7-17(24-4)20(18)23)12-10-14-9-11-16(22(2)3)15(21)13-14;2-1(3,4)8(5,6)7/h6-13H,5H2,1-4H3;(H,5,6,7)/q+1;/p-1. The first-order chi connectivity index (χ1) is 15.3. The number of para-hydroxylation sites is 1. The number of benzene rings is 2. The number of ether oxygens (including phenoxy) is 1. The molecule has 0 aliphatic heterocycles. The van der Waals surface area contributed by atoms with Crippen LogP contribution in [-0.4, -0.2) is 39.7 Å². The Balaban J connectivity index is 0.000000414. The zero-order valence-corrected chi connectivity index (χ0v) is 19.8. The van der Waals surface area contributed by atoms with E-state index in [0.29, 0.717) is 5.69 Å². The zero-order valence-electron chi connectivity index (χ0n) is 18.2. The first kappa shape index (κ1) is 26.6. The Morgan fingerprint density at radius 3 is 2.30 bits per heavy atom. The van der Waals surface area contributed by atoms with E-state index in [1.54, 1.807) is 35.5 Å². The summed E-state index contributed by atoms with van der Waals surface area (Å²) in [5.74, 6) is 0.658. The highest BCUT2D eigenvalue weighted by Gasteiger charge is 2.36. The van der Waals surface area contributed by atoms with E-state index < -0.39 is 15.6 Å². The maximum absolute atomic E-state index is 14.1. The van der Waals surface area contributed by atoms with Crippen LogP contribution in [0.25, 0.3) is 22.4 Å². The van der Waals surface area contributed by atoms with Gasteiger partial charge in [-0.05, 0) is 42.8 Å². The fraction of sp³-hybridized carbons (Fsp3) is 0.286. The molecule has 0 spiro atoms. The predicted molar refractivity (Wildman–Crippen MR) is 120 cm³/mol. The molecule has 0 aliphatic carbocycles. The summed E-state index contributed by atoms with van der Waals surface area (Å²) in [7, 11) is -0.727. The lowest BCUT2D eigenvalue weighted by Crippen LogP contribution is -2.33. The number of hydrogen-bond donors (Lipinski definition) is 0. The van der Waals surface area contributed by atoms with Gasteiger partial charge in [-0.3, -0.25) is 0 Å². The normalized spacial score (nSPS) is 12.0. The van der Waals surface area contributed by atoms with Crippen LogP contribution in [0.2, 0.25) is 0 Å². The molecule has 12 heteroatoms. The Morgan fingerprint density at radius 1 is 1.18 bits per heavy atom. The van der Waals surface area contributed by atoms with E-state index >= 15 is 0 Å². The summed E-state index contributed by atoms with van der Waals surface area (Å²) >= 11 is 1.70. The second-order valence-electron chi connectivity index (χ2n) is 6.83. The Kier molecular flexibility index (Phi) is 8.44. The number of aromatic nitrogens is 1. The molecule has 1 heterocycles. The van der Waals surface area contributed by atoms with Gasteiger partial charge in [-0.25, -0.2) is 12.8 Å². The third kappa shape index (κ3) is 6.42. The van der Waals surface area contributed by atoms with Gasteiger partial charge in [-0.1, -0.05) is 23.5 Å². The van der Waals surface area contributed by atoms with Crippen molar-refractivity contribution >= 4 is 49.5 Å². The fourth-order valence-electron chi connectivity index (χ4n) is 2.89. The molecular weight excluding hydrogens is 484 g/mol. The summed E-state index contributed by atoms with van der Waals surface area (Å²) in [6, 6.07) is 11.4. The fourth-order valence-corrected chi connectivity index (χ4v) is 4.03. The van der Waals surface area contributed by atoms with E-state index in [1.165, 1.54) is 4.70 Å². The minimum atomic E-state index is -6.09. The lowest BCUT2D eigenvalue weighted by atomic mass is 10.1. The lowest BCUT2D eigenvalue weighted by molar-refractivity contribution is -0.665. The summed E-state index contributed by atoms with van der Waals surface area (Å²) in [6.45, 7) is 2.95. The average molecular weight is 507 g/mol. The van der Waals surface area contributed by atoms with E-state index in [-0.39, 0.29) is 5.82 Å². The predicted octanol–water partition coefficient (Wildman–Crippen LogP) is 4.64. The van der Waals surface area contributed by atoms with Crippen LogP contribution in [0, 0.1) is 5.82 Å². The van der Waals surface area contributed by atoms with Crippen LogP contribution in [-0.2, 0) is 16.7 Å². The quantitative estimate of drug-likeness (QED) is 0.218. The zero-order chi connectivity index (χ0) is 25.0. The molecule has 0 unspecified atom stereocenters. The summed E-state index contributed by atoms with van der Waals surface area (Å²) in [5.41, 5.74) is -3.11. The summed E-state index contributed by atoms with van der Waals surface area (Å²) < 4.78 is 81.9. The van der Waals surface area contributed by atoms with Crippen LogP contribution in [0.3, 0.4) is 0 Å². The molecule has 33 heavy (non-hydrogen) atoms. The second kappa shape index (κ2) is 10.5. The molecule has 2 aromatic carbocycles. The number of hydrogen-bond acceptors (Lipinski definition) is 6. The van der Waals surface area contributed by atoms with Gasteiger partial charge in [0, 0.05) is 20.2 Å². The van der Waals surface area contributed by atoms with E-state index in [2.05, 4.69) is 17.6 Å². The maximum atomic E-state index is 14.1. The van der Waals surface area contributed by atoms with Crippen molar-refractivity contribution in [3.05, 3.63) is 52.8 Å².